The van der Waals surface area contributed by atoms with E-state index in [-0.39, 0.29) is 12.3 Å². The molecule has 0 unspecified atom stereocenters. The normalized spacial score (nSPS) is 10.7. The maximum Gasteiger partial charge on any atom is 0.241 e. The highest BCUT2D eigenvalue weighted by Crippen LogP contribution is 2.19. The van der Waals surface area contributed by atoms with Crippen molar-refractivity contribution in [3.05, 3.63) is 66.0 Å². The summed E-state index contributed by atoms with van der Waals surface area (Å²) in [5, 5.41) is 0. The van der Waals surface area contributed by atoms with E-state index in [1.807, 2.05) is 54.6 Å². The summed E-state index contributed by atoms with van der Waals surface area (Å²) in [7, 11) is 0. The lowest BCUT2D eigenvalue weighted by molar-refractivity contribution is -0.117. The fourth-order valence-electron chi connectivity index (χ4n) is 2.48. The van der Waals surface area contributed by atoms with Crippen LogP contribution in [0.1, 0.15) is 22.6 Å². The number of rotatable bonds is 4. The molecule has 0 aliphatic heterocycles. The minimum Gasteiger partial charge on any atom is -0.369 e. The summed E-state index contributed by atoms with van der Waals surface area (Å²) in [6.45, 7) is 0. The predicted octanol–water partition coefficient (Wildman–Crippen LogP) is 2.14. The molecule has 5 heteroatoms. The van der Waals surface area contributed by atoms with Crippen LogP contribution in [0.5, 0.6) is 0 Å². The van der Waals surface area contributed by atoms with Crippen LogP contribution in [0, 0.1) is 0 Å². The van der Waals surface area contributed by atoms with Crippen molar-refractivity contribution in [3.63, 3.8) is 0 Å². The lowest BCUT2D eigenvalue weighted by Gasteiger charge is -2.07. The van der Waals surface area contributed by atoms with Gasteiger partial charge in [-0.15, -0.1) is 0 Å². The number of nitrogens with two attached hydrogens (primary N) is 1. The van der Waals surface area contributed by atoms with E-state index < -0.39 is 5.91 Å². The first-order valence-electron chi connectivity index (χ1n) is 6.97. The van der Waals surface area contributed by atoms with E-state index in [1.165, 1.54) is 4.57 Å². The second kappa shape index (κ2) is 5.81. The number of hydrogen-bond acceptors (Lipinski definition) is 3. The van der Waals surface area contributed by atoms with Crippen molar-refractivity contribution in [2.75, 3.05) is 0 Å². The average Bonchev–Trinajstić information content (AvgIpc) is 2.85. The fraction of sp³-hybridized carbons (Fsp3) is 0.118. The number of imidazole rings is 1. The summed E-state index contributed by atoms with van der Waals surface area (Å²) >= 11 is 0. The first-order chi connectivity index (χ1) is 10.6. The molecule has 22 heavy (non-hydrogen) atoms. The highest BCUT2D eigenvalue weighted by molar-refractivity contribution is 6.01. The first-order valence-corrected chi connectivity index (χ1v) is 6.97. The van der Waals surface area contributed by atoms with Crippen molar-refractivity contribution in [1.29, 1.82) is 0 Å². The van der Waals surface area contributed by atoms with Crippen LogP contribution in [0.4, 0.5) is 0 Å². The molecule has 5 nitrogen and oxygen atoms in total. The maximum absolute atomic E-state index is 12.4. The second-order valence-electron chi connectivity index (χ2n) is 5.05. The Balaban J connectivity index is 2.08. The number of aromatic nitrogens is 2. The topological polar surface area (TPSA) is 78.0 Å². The molecular weight excluding hydrogens is 278 g/mol. The zero-order chi connectivity index (χ0) is 15.5. The molecule has 0 spiro atoms. The monoisotopic (exact) mass is 293 g/mol. The zero-order valence-electron chi connectivity index (χ0n) is 11.9. The molecule has 110 valence electrons. The number of benzene rings is 2. The van der Waals surface area contributed by atoms with E-state index in [0.717, 1.165) is 11.1 Å². The highest BCUT2D eigenvalue weighted by Gasteiger charge is 2.18. The number of fused-ring (bicyclic) bond motifs is 1. The van der Waals surface area contributed by atoms with Crippen LogP contribution in [0.2, 0.25) is 0 Å². The third kappa shape index (κ3) is 2.74. The highest BCUT2D eigenvalue weighted by atomic mass is 16.2. The Morgan fingerprint density at radius 2 is 1.68 bits per heavy atom. The van der Waals surface area contributed by atoms with Gasteiger partial charge in [-0.2, -0.15) is 0 Å². The minimum atomic E-state index is -0.645. The molecule has 0 radical (unpaired) electrons. The summed E-state index contributed by atoms with van der Waals surface area (Å²) in [4.78, 5) is 28.0. The van der Waals surface area contributed by atoms with Crippen molar-refractivity contribution in [2.45, 2.75) is 12.8 Å². The number of carbonyl (C=O) groups is 2. The quantitative estimate of drug-likeness (QED) is 0.749. The number of primary amides is 1. The van der Waals surface area contributed by atoms with E-state index in [0.29, 0.717) is 17.8 Å². The van der Waals surface area contributed by atoms with Crippen LogP contribution < -0.4 is 5.73 Å². The van der Waals surface area contributed by atoms with Gasteiger partial charge in [-0.3, -0.25) is 14.2 Å². The third-order valence-corrected chi connectivity index (χ3v) is 3.41. The van der Waals surface area contributed by atoms with Gasteiger partial charge < -0.3 is 5.73 Å². The molecule has 1 aromatic heterocycles. The Morgan fingerprint density at radius 1 is 1.00 bits per heavy atom. The molecule has 2 aromatic carbocycles. The van der Waals surface area contributed by atoms with Crippen molar-refractivity contribution in [3.8, 4) is 0 Å². The van der Waals surface area contributed by atoms with Crippen LogP contribution >= 0.6 is 0 Å². The molecule has 0 atom stereocenters. The minimum absolute atomic E-state index is 0.331. The molecule has 1 amide bonds. The van der Waals surface area contributed by atoms with Crippen LogP contribution in [-0.2, 0) is 11.2 Å². The van der Waals surface area contributed by atoms with Gasteiger partial charge in [0.05, 0.1) is 11.0 Å². The van der Waals surface area contributed by atoms with Crippen LogP contribution in [0.3, 0.4) is 0 Å². The van der Waals surface area contributed by atoms with Crippen molar-refractivity contribution >= 4 is 22.8 Å². The first kappa shape index (κ1) is 14.0. The van der Waals surface area contributed by atoms with Crippen LogP contribution in [-0.4, -0.2) is 21.4 Å². The predicted molar refractivity (Wildman–Crippen MR) is 83.4 cm³/mol. The Hall–Kier alpha value is -2.95. The molecule has 3 aromatic rings. The largest absolute Gasteiger partial charge is 0.369 e. The lowest BCUT2D eigenvalue weighted by atomic mass is 10.1. The molecule has 0 aliphatic carbocycles. The van der Waals surface area contributed by atoms with Gasteiger partial charge in [-0.1, -0.05) is 42.5 Å². The summed E-state index contributed by atoms with van der Waals surface area (Å²) in [5.74, 6) is -0.390. The van der Waals surface area contributed by atoms with Gasteiger partial charge in [0.2, 0.25) is 11.8 Å². The number of para-hydroxylation sites is 2. The molecule has 2 N–H and O–H groups in total. The van der Waals surface area contributed by atoms with Gasteiger partial charge in [0.15, 0.2) is 0 Å². The molecule has 0 saturated heterocycles. The van der Waals surface area contributed by atoms with Crippen molar-refractivity contribution < 1.29 is 9.59 Å². The van der Waals surface area contributed by atoms with E-state index in [4.69, 9.17) is 5.73 Å². The third-order valence-electron chi connectivity index (χ3n) is 3.41. The van der Waals surface area contributed by atoms with Crippen molar-refractivity contribution in [1.82, 2.24) is 9.55 Å². The fourth-order valence-corrected chi connectivity index (χ4v) is 2.48. The zero-order valence-corrected chi connectivity index (χ0v) is 11.9. The summed E-state index contributed by atoms with van der Waals surface area (Å²) in [5.41, 5.74) is 7.62. The molecule has 3 rings (SSSR count). The SMILES string of the molecule is NC(=O)CC(=O)n1c(Cc2ccccc2)nc2ccccc21. The summed E-state index contributed by atoms with van der Waals surface area (Å²) in [6.07, 6.45) is 0.183. The Labute approximate surface area is 127 Å². The molecule has 0 saturated carbocycles. The van der Waals surface area contributed by atoms with Gasteiger partial charge in [0.1, 0.15) is 12.2 Å². The standard InChI is InChI=1S/C17H15N3O2/c18-15(21)11-17(22)20-14-9-5-4-8-13(14)19-16(20)10-12-6-2-1-3-7-12/h1-9H,10-11H2,(H2,18,21). The molecule has 1 heterocycles. The molecular formula is C17H15N3O2. The van der Waals surface area contributed by atoms with E-state index in [2.05, 4.69) is 4.98 Å². The number of carbonyl (C=O) groups excluding carboxylic acids is 2. The van der Waals surface area contributed by atoms with E-state index in [9.17, 15) is 9.59 Å². The molecule has 0 aliphatic rings. The maximum atomic E-state index is 12.4. The Morgan fingerprint density at radius 3 is 2.41 bits per heavy atom. The number of hydrogen-bond donors (Lipinski definition) is 1. The number of amides is 1. The van der Waals surface area contributed by atoms with Gasteiger partial charge >= 0.3 is 0 Å². The van der Waals surface area contributed by atoms with Gasteiger partial charge in [0, 0.05) is 6.42 Å². The summed E-state index contributed by atoms with van der Waals surface area (Å²) < 4.78 is 1.49. The smallest absolute Gasteiger partial charge is 0.241 e. The Kier molecular flexibility index (Phi) is 3.70. The van der Waals surface area contributed by atoms with Crippen molar-refractivity contribution in [2.24, 2.45) is 5.73 Å². The second-order valence-corrected chi connectivity index (χ2v) is 5.05. The number of nitrogens with zero attached hydrogens (tertiary/aromatic N) is 2. The Bertz CT molecular complexity index is 837. The molecule has 0 bridgehead atoms. The van der Waals surface area contributed by atoms with E-state index in [1.54, 1.807) is 0 Å². The molecule has 0 fully saturated rings. The van der Waals surface area contributed by atoms with E-state index >= 15 is 0 Å². The van der Waals surface area contributed by atoms with Gasteiger partial charge in [-0.05, 0) is 17.7 Å². The lowest BCUT2D eigenvalue weighted by Crippen LogP contribution is -2.22. The summed E-state index contributed by atoms with van der Waals surface area (Å²) in [6, 6.07) is 17.1. The van der Waals surface area contributed by atoms with Crippen LogP contribution in [0.25, 0.3) is 11.0 Å². The van der Waals surface area contributed by atoms with Gasteiger partial charge in [-0.25, -0.2) is 4.98 Å². The van der Waals surface area contributed by atoms with Gasteiger partial charge in [0.25, 0.3) is 0 Å². The average molecular weight is 293 g/mol. The van der Waals surface area contributed by atoms with Crippen LogP contribution in [0.15, 0.2) is 54.6 Å².